The minimum atomic E-state index is -3.19. The van der Waals surface area contributed by atoms with Crippen LogP contribution >= 0.6 is 0 Å². The normalized spacial score (nSPS) is 13.0. The summed E-state index contributed by atoms with van der Waals surface area (Å²) in [4.78, 5) is 4.93. The Morgan fingerprint density at radius 1 is 1.07 bits per heavy atom. The Morgan fingerprint density at radius 3 is 2.36 bits per heavy atom. The Hall–Kier alpha value is -2.54. The summed E-state index contributed by atoms with van der Waals surface area (Å²) in [7, 11) is -3.19. The number of ether oxygens (including phenoxy) is 1. The van der Waals surface area contributed by atoms with Gasteiger partial charge in [0.2, 0.25) is 0 Å². The van der Waals surface area contributed by atoms with Crippen LogP contribution in [0, 0.1) is 0 Å². The van der Waals surface area contributed by atoms with Crippen molar-refractivity contribution in [1.82, 2.24) is 10.6 Å². The largest absolute Gasteiger partial charge is 0.492 e. The van der Waals surface area contributed by atoms with Crippen LogP contribution in [0.1, 0.15) is 25.3 Å². The van der Waals surface area contributed by atoms with Gasteiger partial charge >= 0.3 is 0 Å². The van der Waals surface area contributed by atoms with Crippen molar-refractivity contribution < 1.29 is 13.2 Å². The van der Waals surface area contributed by atoms with Gasteiger partial charge in [-0.15, -0.1) is 0 Å². The third kappa shape index (κ3) is 7.23. The topological polar surface area (TPSA) is 79.8 Å². The van der Waals surface area contributed by atoms with E-state index in [-0.39, 0.29) is 4.90 Å². The van der Waals surface area contributed by atoms with Crippen LogP contribution in [0.15, 0.2) is 64.5 Å². The van der Waals surface area contributed by atoms with Crippen LogP contribution < -0.4 is 15.4 Å². The highest BCUT2D eigenvalue weighted by molar-refractivity contribution is 7.90. The van der Waals surface area contributed by atoms with Gasteiger partial charge in [0.25, 0.3) is 0 Å². The maximum absolute atomic E-state index is 11.5. The van der Waals surface area contributed by atoms with E-state index in [9.17, 15) is 8.42 Å². The number of guanidine groups is 1. The van der Waals surface area contributed by atoms with Crippen LogP contribution in [-0.4, -0.2) is 46.9 Å². The summed E-state index contributed by atoms with van der Waals surface area (Å²) >= 11 is 0. The first-order valence-electron chi connectivity index (χ1n) is 9.40. The van der Waals surface area contributed by atoms with Gasteiger partial charge in [-0.1, -0.05) is 37.3 Å². The molecule has 0 saturated heterocycles. The number of rotatable bonds is 9. The Kier molecular flexibility index (Phi) is 8.32. The highest BCUT2D eigenvalue weighted by atomic mass is 32.2. The average Bonchev–Trinajstić information content (AvgIpc) is 2.69. The molecular weight excluding hydrogens is 374 g/mol. The molecule has 1 atom stereocenters. The summed E-state index contributed by atoms with van der Waals surface area (Å²) < 4.78 is 28.6. The predicted molar refractivity (Wildman–Crippen MR) is 114 cm³/mol. The van der Waals surface area contributed by atoms with Crippen LogP contribution in [0.4, 0.5) is 0 Å². The molecule has 28 heavy (non-hydrogen) atoms. The minimum absolute atomic E-state index is 0.284. The minimum Gasteiger partial charge on any atom is -0.492 e. The summed E-state index contributed by atoms with van der Waals surface area (Å²) in [6.07, 6.45) is 1.19. The number of aliphatic imine (C=N–C) groups is 1. The van der Waals surface area contributed by atoms with E-state index in [0.29, 0.717) is 31.4 Å². The molecule has 0 heterocycles. The van der Waals surface area contributed by atoms with Crippen LogP contribution in [0.5, 0.6) is 5.75 Å². The van der Waals surface area contributed by atoms with Gasteiger partial charge in [-0.3, -0.25) is 4.99 Å². The zero-order chi connectivity index (χ0) is 20.4. The summed E-state index contributed by atoms with van der Waals surface area (Å²) in [6, 6.07) is 16.8. The van der Waals surface area contributed by atoms with Gasteiger partial charge in [0, 0.05) is 25.3 Å². The lowest BCUT2D eigenvalue weighted by Crippen LogP contribution is -2.39. The first kappa shape index (κ1) is 21.8. The van der Waals surface area contributed by atoms with Crippen molar-refractivity contribution in [1.29, 1.82) is 0 Å². The maximum atomic E-state index is 11.5. The van der Waals surface area contributed by atoms with E-state index in [1.54, 1.807) is 24.3 Å². The summed E-state index contributed by atoms with van der Waals surface area (Å²) in [5, 5.41) is 6.48. The molecule has 0 bridgehead atoms. The van der Waals surface area contributed by atoms with Crippen molar-refractivity contribution in [3.8, 4) is 5.75 Å². The number of nitrogens with one attached hydrogen (secondary N) is 2. The molecule has 6 nitrogen and oxygen atoms in total. The molecule has 2 N–H and O–H groups in total. The predicted octanol–water partition coefficient (Wildman–Crippen LogP) is 2.83. The van der Waals surface area contributed by atoms with E-state index in [2.05, 4.69) is 34.7 Å². The Labute approximate surface area is 168 Å². The van der Waals surface area contributed by atoms with Gasteiger partial charge in [-0.25, -0.2) is 8.42 Å². The second kappa shape index (κ2) is 10.7. The molecule has 0 radical (unpaired) electrons. The molecule has 0 aliphatic heterocycles. The van der Waals surface area contributed by atoms with Crippen LogP contribution in [0.2, 0.25) is 0 Å². The van der Waals surface area contributed by atoms with Gasteiger partial charge in [-0.2, -0.15) is 0 Å². The van der Waals surface area contributed by atoms with Gasteiger partial charge in [0.1, 0.15) is 12.4 Å². The molecule has 0 aromatic heterocycles. The molecule has 0 spiro atoms. The SMILES string of the molecule is CCNC(=NCC(C)c1ccccc1)NCCOc1ccc(S(C)(=O)=O)cc1. The first-order valence-corrected chi connectivity index (χ1v) is 11.3. The highest BCUT2D eigenvalue weighted by Gasteiger charge is 2.07. The number of hydrogen-bond donors (Lipinski definition) is 2. The fourth-order valence-corrected chi connectivity index (χ4v) is 3.21. The fourth-order valence-electron chi connectivity index (χ4n) is 2.58. The van der Waals surface area contributed by atoms with E-state index in [1.165, 1.54) is 11.8 Å². The lowest BCUT2D eigenvalue weighted by molar-refractivity contribution is 0.321. The summed E-state index contributed by atoms with van der Waals surface area (Å²) in [5.74, 6) is 1.72. The average molecular weight is 404 g/mol. The summed E-state index contributed by atoms with van der Waals surface area (Å²) in [6.45, 7) is 6.67. The number of benzene rings is 2. The molecule has 0 amide bonds. The van der Waals surface area contributed by atoms with Crippen LogP contribution in [-0.2, 0) is 9.84 Å². The van der Waals surface area contributed by atoms with Crippen molar-refractivity contribution in [3.63, 3.8) is 0 Å². The molecule has 2 aromatic rings. The van der Waals surface area contributed by atoms with Crippen molar-refractivity contribution in [2.45, 2.75) is 24.7 Å². The molecule has 0 aliphatic rings. The standard InChI is InChI=1S/C21H29N3O3S/c1-4-22-21(24-16-17(2)18-8-6-5-7-9-18)23-14-15-27-19-10-12-20(13-11-19)28(3,25)26/h5-13,17H,4,14-16H2,1-3H3,(H2,22,23,24). The molecule has 0 aliphatic carbocycles. The van der Waals surface area contributed by atoms with E-state index in [1.807, 2.05) is 25.1 Å². The second-order valence-electron chi connectivity index (χ2n) is 6.55. The summed E-state index contributed by atoms with van der Waals surface area (Å²) in [5.41, 5.74) is 1.27. The fraction of sp³-hybridized carbons (Fsp3) is 0.381. The van der Waals surface area contributed by atoms with Gasteiger partial charge in [0.05, 0.1) is 11.4 Å². The number of nitrogens with zero attached hydrogens (tertiary/aromatic N) is 1. The van der Waals surface area contributed by atoms with Crippen molar-refractivity contribution in [3.05, 3.63) is 60.2 Å². The first-order chi connectivity index (χ1) is 13.4. The van der Waals surface area contributed by atoms with E-state index in [4.69, 9.17) is 4.74 Å². The van der Waals surface area contributed by atoms with E-state index >= 15 is 0 Å². The maximum Gasteiger partial charge on any atom is 0.191 e. The number of sulfone groups is 1. The zero-order valence-corrected chi connectivity index (χ0v) is 17.5. The molecular formula is C21H29N3O3S. The molecule has 2 aromatic carbocycles. The monoisotopic (exact) mass is 403 g/mol. The molecule has 1 unspecified atom stereocenters. The smallest absolute Gasteiger partial charge is 0.191 e. The Morgan fingerprint density at radius 2 is 1.75 bits per heavy atom. The third-order valence-electron chi connectivity index (χ3n) is 4.15. The molecule has 7 heteroatoms. The van der Waals surface area contributed by atoms with Crippen molar-refractivity contribution >= 4 is 15.8 Å². The van der Waals surface area contributed by atoms with Crippen LogP contribution in [0.3, 0.4) is 0 Å². The lowest BCUT2D eigenvalue weighted by Gasteiger charge is -2.14. The van der Waals surface area contributed by atoms with Crippen molar-refractivity contribution in [2.24, 2.45) is 4.99 Å². The van der Waals surface area contributed by atoms with Crippen molar-refractivity contribution in [2.75, 3.05) is 32.5 Å². The Balaban J connectivity index is 1.81. The molecule has 0 saturated carbocycles. The molecule has 2 rings (SSSR count). The quantitative estimate of drug-likeness (QED) is 0.382. The van der Waals surface area contributed by atoms with Gasteiger partial charge in [0.15, 0.2) is 15.8 Å². The molecule has 152 valence electrons. The second-order valence-corrected chi connectivity index (χ2v) is 8.57. The number of hydrogen-bond acceptors (Lipinski definition) is 4. The zero-order valence-electron chi connectivity index (χ0n) is 16.7. The van der Waals surface area contributed by atoms with E-state index < -0.39 is 9.84 Å². The molecule has 0 fully saturated rings. The lowest BCUT2D eigenvalue weighted by atomic mass is 10.0. The van der Waals surface area contributed by atoms with Gasteiger partial charge < -0.3 is 15.4 Å². The third-order valence-corrected chi connectivity index (χ3v) is 5.28. The van der Waals surface area contributed by atoms with Gasteiger partial charge in [-0.05, 0) is 36.8 Å². The van der Waals surface area contributed by atoms with Crippen LogP contribution in [0.25, 0.3) is 0 Å². The highest BCUT2D eigenvalue weighted by Crippen LogP contribution is 2.16. The Bertz CT molecular complexity index is 850. The van der Waals surface area contributed by atoms with E-state index in [0.717, 1.165) is 12.5 Å².